The van der Waals surface area contributed by atoms with Crippen LogP contribution in [0.15, 0.2) is 27.6 Å². The van der Waals surface area contributed by atoms with E-state index in [0.29, 0.717) is 22.5 Å². The number of rotatable bonds is 7. The van der Waals surface area contributed by atoms with Crippen molar-refractivity contribution in [1.82, 2.24) is 10.2 Å². The number of unbranched alkanes of at least 4 members (excludes halogenated alkanes) is 1. The monoisotopic (exact) mass is 346 g/mol. The molecule has 0 amide bonds. The van der Waals surface area contributed by atoms with Gasteiger partial charge in [-0.3, -0.25) is 4.79 Å². The Morgan fingerprint density at radius 3 is 2.56 bits per heavy atom. The number of nitrogens with one attached hydrogen (secondary N) is 1. The molecule has 0 bridgehead atoms. The van der Waals surface area contributed by atoms with Crippen LogP contribution in [0.2, 0.25) is 0 Å². The summed E-state index contributed by atoms with van der Waals surface area (Å²) in [5, 5.41) is 3.90. The zero-order valence-electron chi connectivity index (χ0n) is 15.0. The standard InChI is InChI=1S/C19H26N2O4/c1-23-17-11-15-16(12-18(17)24-2)25-13-14(19(15)22)5-3-4-8-21-9-6-20-7-10-21/h11-13,20H,3-10H2,1-2H3. The Morgan fingerprint density at radius 1 is 1.12 bits per heavy atom. The number of methoxy groups -OCH3 is 2. The van der Waals surface area contributed by atoms with Gasteiger partial charge in [-0.25, -0.2) is 0 Å². The van der Waals surface area contributed by atoms with Crippen molar-refractivity contribution >= 4 is 11.0 Å². The Balaban J connectivity index is 1.67. The molecule has 0 unspecified atom stereocenters. The number of piperazine rings is 1. The predicted octanol–water partition coefficient (Wildman–Crippen LogP) is 2.04. The number of hydrogen-bond acceptors (Lipinski definition) is 6. The van der Waals surface area contributed by atoms with Gasteiger partial charge in [0.15, 0.2) is 16.9 Å². The summed E-state index contributed by atoms with van der Waals surface area (Å²) in [6.45, 7) is 5.45. The number of fused-ring (bicyclic) bond motifs is 1. The van der Waals surface area contributed by atoms with Crippen LogP contribution < -0.4 is 20.2 Å². The Hall–Kier alpha value is -2.05. The van der Waals surface area contributed by atoms with Crippen molar-refractivity contribution in [2.24, 2.45) is 0 Å². The third-order valence-corrected chi connectivity index (χ3v) is 4.73. The van der Waals surface area contributed by atoms with Crippen molar-refractivity contribution < 1.29 is 13.9 Å². The van der Waals surface area contributed by atoms with Crippen LogP contribution >= 0.6 is 0 Å². The van der Waals surface area contributed by atoms with E-state index in [9.17, 15) is 4.79 Å². The first-order valence-electron chi connectivity index (χ1n) is 8.82. The van der Waals surface area contributed by atoms with E-state index < -0.39 is 0 Å². The fourth-order valence-corrected chi connectivity index (χ4v) is 3.25. The van der Waals surface area contributed by atoms with E-state index in [2.05, 4.69) is 10.2 Å². The molecule has 2 heterocycles. The summed E-state index contributed by atoms with van der Waals surface area (Å²) in [7, 11) is 3.12. The Kier molecular flexibility index (Phi) is 5.94. The number of ether oxygens (including phenoxy) is 2. The van der Waals surface area contributed by atoms with Crippen molar-refractivity contribution in [3.63, 3.8) is 0 Å². The second-order valence-electron chi connectivity index (χ2n) is 6.34. The predicted molar refractivity (Wildman–Crippen MR) is 97.8 cm³/mol. The molecule has 0 spiro atoms. The highest BCUT2D eigenvalue weighted by Crippen LogP contribution is 2.31. The molecule has 1 N–H and O–H groups in total. The zero-order valence-corrected chi connectivity index (χ0v) is 15.0. The number of hydrogen-bond donors (Lipinski definition) is 1. The topological polar surface area (TPSA) is 63.9 Å². The van der Waals surface area contributed by atoms with Crippen molar-refractivity contribution in [2.45, 2.75) is 19.3 Å². The van der Waals surface area contributed by atoms with Gasteiger partial charge in [-0.2, -0.15) is 0 Å². The van der Waals surface area contributed by atoms with Crippen LogP contribution in [0.1, 0.15) is 18.4 Å². The van der Waals surface area contributed by atoms with E-state index in [0.717, 1.165) is 57.5 Å². The lowest BCUT2D eigenvalue weighted by atomic mass is 10.1. The molecular formula is C19H26N2O4. The lowest BCUT2D eigenvalue weighted by molar-refractivity contribution is 0.237. The first-order valence-corrected chi connectivity index (χ1v) is 8.82. The summed E-state index contributed by atoms with van der Waals surface area (Å²) in [4.78, 5) is 15.2. The Bertz CT molecular complexity index is 766. The first-order chi connectivity index (χ1) is 12.2. The molecule has 1 fully saturated rings. The molecule has 6 nitrogen and oxygen atoms in total. The molecule has 1 aromatic carbocycles. The van der Waals surface area contributed by atoms with Gasteiger partial charge in [0.2, 0.25) is 0 Å². The summed E-state index contributed by atoms with van der Waals surface area (Å²) in [5.74, 6) is 1.10. The van der Waals surface area contributed by atoms with Gasteiger partial charge < -0.3 is 24.1 Å². The van der Waals surface area contributed by atoms with Crippen LogP contribution in [0.3, 0.4) is 0 Å². The van der Waals surface area contributed by atoms with Gasteiger partial charge in [-0.1, -0.05) is 0 Å². The second kappa shape index (κ2) is 8.36. The molecule has 6 heteroatoms. The maximum absolute atomic E-state index is 12.7. The van der Waals surface area contributed by atoms with Crippen molar-refractivity contribution in [3.8, 4) is 11.5 Å². The molecule has 1 saturated heterocycles. The molecule has 0 aliphatic carbocycles. The third-order valence-electron chi connectivity index (χ3n) is 4.73. The average Bonchev–Trinajstić information content (AvgIpc) is 2.66. The molecule has 136 valence electrons. The molecular weight excluding hydrogens is 320 g/mol. The van der Waals surface area contributed by atoms with Crippen LogP contribution in [0.25, 0.3) is 11.0 Å². The van der Waals surface area contributed by atoms with Gasteiger partial charge >= 0.3 is 0 Å². The van der Waals surface area contributed by atoms with E-state index in [4.69, 9.17) is 13.9 Å². The quantitative estimate of drug-likeness (QED) is 0.774. The lowest BCUT2D eigenvalue weighted by Crippen LogP contribution is -2.43. The highest BCUT2D eigenvalue weighted by molar-refractivity contribution is 5.81. The third kappa shape index (κ3) is 4.14. The Labute approximate surface area is 147 Å². The van der Waals surface area contributed by atoms with E-state index in [-0.39, 0.29) is 5.43 Å². The largest absolute Gasteiger partial charge is 0.493 e. The first kappa shape index (κ1) is 17.8. The maximum Gasteiger partial charge on any atom is 0.195 e. The van der Waals surface area contributed by atoms with Crippen LogP contribution in [0.5, 0.6) is 11.5 Å². The van der Waals surface area contributed by atoms with Crippen LogP contribution in [-0.4, -0.2) is 51.8 Å². The molecule has 25 heavy (non-hydrogen) atoms. The van der Waals surface area contributed by atoms with Crippen LogP contribution in [-0.2, 0) is 6.42 Å². The van der Waals surface area contributed by atoms with E-state index in [1.807, 2.05) is 0 Å². The van der Waals surface area contributed by atoms with Crippen molar-refractivity contribution in [2.75, 3.05) is 46.9 Å². The van der Waals surface area contributed by atoms with Gasteiger partial charge in [0.05, 0.1) is 25.9 Å². The highest BCUT2D eigenvalue weighted by atomic mass is 16.5. The van der Waals surface area contributed by atoms with Crippen molar-refractivity contribution in [1.29, 1.82) is 0 Å². The normalized spacial score (nSPS) is 15.4. The fourth-order valence-electron chi connectivity index (χ4n) is 3.25. The molecule has 1 aromatic heterocycles. The molecule has 0 atom stereocenters. The Morgan fingerprint density at radius 2 is 1.84 bits per heavy atom. The lowest BCUT2D eigenvalue weighted by Gasteiger charge is -2.26. The molecule has 2 aromatic rings. The number of aryl methyl sites for hydroxylation is 1. The summed E-state index contributed by atoms with van der Waals surface area (Å²) in [5.41, 5.74) is 1.26. The maximum atomic E-state index is 12.7. The summed E-state index contributed by atoms with van der Waals surface area (Å²) in [6, 6.07) is 3.40. The summed E-state index contributed by atoms with van der Waals surface area (Å²) >= 11 is 0. The van der Waals surface area contributed by atoms with Crippen molar-refractivity contribution in [3.05, 3.63) is 34.2 Å². The van der Waals surface area contributed by atoms with Crippen LogP contribution in [0.4, 0.5) is 0 Å². The second-order valence-corrected chi connectivity index (χ2v) is 6.34. The van der Waals surface area contributed by atoms with Gasteiger partial charge in [-0.05, 0) is 31.9 Å². The number of nitrogens with zero attached hydrogens (tertiary/aromatic N) is 1. The van der Waals surface area contributed by atoms with E-state index in [1.165, 1.54) is 0 Å². The van der Waals surface area contributed by atoms with E-state index in [1.54, 1.807) is 32.6 Å². The fraction of sp³-hybridized carbons (Fsp3) is 0.526. The SMILES string of the molecule is COc1cc2occ(CCCCN3CCNCC3)c(=O)c2cc1OC. The smallest absolute Gasteiger partial charge is 0.195 e. The minimum absolute atomic E-state index is 0.0179. The molecule has 3 rings (SSSR count). The van der Waals surface area contributed by atoms with Gasteiger partial charge in [0.1, 0.15) is 5.58 Å². The van der Waals surface area contributed by atoms with Gasteiger partial charge in [-0.15, -0.1) is 0 Å². The minimum Gasteiger partial charge on any atom is -0.493 e. The molecule has 1 aliphatic heterocycles. The van der Waals surface area contributed by atoms with Gasteiger partial charge in [0.25, 0.3) is 0 Å². The summed E-state index contributed by atoms with van der Waals surface area (Å²) in [6.07, 6.45) is 4.39. The summed E-state index contributed by atoms with van der Waals surface area (Å²) < 4.78 is 16.2. The zero-order chi connectivity index (χ0) is 17.6. The molecule has 0 radical (unpaired) electrons. The average molecular weight is 346 g/mol. The molecule has 0 saturated carbocycles. The van der Waals surface area contributed by atoms with E-state index >= 15 is 0 Å². The van der Waals surface area contributed by atoms with Gasteiger partial charge in [0, 0.05) is 37.8 Å². The van der Waals surface area contributed by atoms with Crippen LogP contribution in [0, 0.1) is 0 Å². The minimum atomic E-state index is 0.0179. The number of benzene rings is 1. The molecule has 1 aliphatic rings. The highest BCUT2D eigenvalue weighted by Gasteiger charge is 2.13.